The predicted octanol–water partition coefficient (Wildman–Crippen LogP) is 13.1. The molecule has 1 heterocycles. The summed E-state index contributed by atoms with van der Waals surface area (Å²) in [4.78, 5) is 10.0. The lowest BCUT2D eigenvalue weighted by Gasteiger charge is -2.62. The molecule has 0 aromatic heterocycles. The molecule has 1 spiro atoms. The summed E-state index contributed by atoms with van der Waals surface area (Å²) < 4.78 is 0. The molecule has 0 aromatic carbocycles. The van der Waals surface area contributed by atoms with Gasteiger partial charge in [-0.05, 0) is 164 Å². The molecule has 1 saturated heterocycles. The Kier molecular flexibility index (Phi) is 12.2. The van der Waals surface area contributed by atoms with Crippen LogP contribution in [0, 0.1) is 35.0 Å². The second kappa shape index (κ2) is 17.2. The van der Waals surface area contributed by atoms with Gasteiger partial charge in [0.1, 0.15) is 0 Å². The molecule has 0 radical (unpaired) electrons. The highest BCUT2D eigenvalue weighted by atomic mass is 15.2. The number of rotatable bonds is 7. The molecule has 9 aliphatic carbocycles. The van der Waals surface area contributed by atoms with Gasteiger partial charge in [-0.25, -0.2) is 0 Å². The summed E-state index contributed by atoms with van der Waals surface area (Å²) in [6, 6.07) is 7.34. The minimum atomic E-state index is 0.651. The third-order valence-corrected chi connectivity index (χ3v) is 20.2. The smallest absolute Gasteiger partial charge is 0.0132 e. The fourth-order valence-corrected chi connectivity index (χ4v) is 18.3. The molecule has 10 rings (SSSR count). The Morgan fingerprint density at radius 2 is 0.722 bits per heavy atom. The lowest BCUT2D eigenvalue weighted by atomic mass is 9.51. The molecule has 306 valence electrons. The van der Waals surface area contributed by atoms with Gasteiger partial charge in [0, 0.05) is 48.3 Å². The van der Waals surface area contributed by atoms with E-state index in [9.17, 15) is 0 Å². The summed E-state index contributed by atoms with van der Waals surface area (Å²) in [5.41, 5.74) is 0.651. The molecular formula is C51H87N3. The zero-order valence-corrected chi connectivity index (χ0v) is 35.5. The second-order valence-electron chi connectivity index (χ2n) is 22.4. The molecule has 0 amide bonds. The summed E-state index contributed by atoms with van der Waals surface area (Å²) in [5, 5.41) is 0. The van der Waals surface area contributed by atoms with E-state index in [1.54, 1.807) is 64.2 Å². The molecule has 3 nitrogen and oxygen atoms in total. The molecular weight excluding hydrogens is 655 g/mol. The van der Waals surface area contributed by atoms with Crippen molar-refractivity contribution < 1.29 is 0 Å². The van der Waals surface area contributed by atoms with Crippen molar-refractivity contribution in [1.82, 2.24) is 14.7 Å². The summed E-state index contributed by atoms with van der Waals surface area (Å²) in [6.07, 6.45) is 55.4. The van der Waals surface area contributed by atoms with Gasteiger partial charge in [0.15, 0.2) is 0 Å². The van der Waals surface area contributed by atoms with Crippen LogP contribution in [0.3, 0.4) is 0 Å². The minimum absolute atomic E-state index is 0.651. The Hall–Kier alpha value is -0.120. The van der Waals surface area contributed by atoms with E-state index in [2.05, 4.69) is 14.7 Å². The van der Waals surface area contributed by atoms with E-state index in [4.69, 9.17) is 0 Å². The molecule has 9 saturated carbocycles. The van der Waals surface area contributed by atoms with Gasteiger partial charge in [-0.2, -0.15) is 0 Å². The van der Waals surface area contributed by atoms with E-state index < -0.39 is 0 Å². The fraction of sp³-hybridized carbons (Fsp3) is 1.00. The normalized spacial score (nSPS) is 43.0. The molecule has 8 atom stereocenters. The first-order valence-electron chi connectivity index (χ1n) is 26.1. The first kappa shape index (κ1) is 38.1. The molecule has 10 fully saturated rings. The molecule has 1 aliphatic heterocycles. The van der Waals surface area contributed by atoms with E-state index in [-0.39, 0.29) is 0 Å². The summed E-state index contributed by atoms with van der Waals surface area (Å²) in [7, 11) is 0. The second-order valence-corrected chi connectivity index (χ2v) is 22.4. The van der Waals surface area contributed by atoms with Gasteiger partial charge in [0.05, 0.1) is 0 Å². The highest BCUT2D eigenvalue weighted by Gasteiger charge is 2.67. The Morgan fingerprint density at radius 3 is 1.17 bits per heavy atom. The first-order chi connectivity index (χ1) is 26.8. The van der Waals surface area contributed by atoms with Crippen LogP contribution >= 0.6 is 0 Å². The fourth-order valence-electron chi connectivity index (χ4n) is 18.3. The number of piperidine rings is 1. The van der Waals surface area contributed by atoms with Crippen LogP contribution in [0.15, 0.2) is 0 Å². The Bertz CT molecular complexity index is 1070. The van der Waals surface area contributed by atoms with Gasteiger partial charge in [-0.3, -0.25) is 14.7 Å². The SMILES string of the molecule is C1CCC(N2CCC3(C4CC(N(C5CCCCC5)C5CCCCC5)CCC4C4CCC(N(C5CCCCC5)C5CCCCC5)CC43)C3CCCCC32)CC1. The number of fused-ring (bicyclic) bond motifs is 7. The largest absolute Gasteiger partial charge is 0.297 e. The molecule has 0 bridgehead atoms. The zero-order valence-electron chi connectivity index (χ0n) is 35.5. The average molecular weight is 742 g/mol. The van der Waals surface area contributed by atoms with Gasteiger partial charge in [0.25, 0.3) is 0 Å². The van der Waals surface area contributed by atoms with Crippen LogP contribution < -0.4 is 0 Å². The van der Waals surface area contributed by atoms with Crippen LogP contribution in [0.4, 0.5) is 0 Å². The summed E-state index contributed by atoms with van der Waals surface area (Å²) in [5.74, 6) is 5.22. The third-order valence-electron chi connectivity index (χ3n) is 20.2. The monoisotopic (exact) mass is 742 g/mol. The van der Waals surface area contributed by atoms with Crippen molar-refractivity contribution in [2.75, 3.05) is 6.54 Å². The van der Waals surface area contributed by atoms with Crippen molar-refractivity contribution in [1.29, 1.82) is 0 Å². The lowest BCUT2D eigenvalue weighted by molar-refractivity contribution is -0.130. The van der Waals surface area contributed by atoms with Crippen molar-refractivity contribution in [2.24, 2.45) is 35.0 Å². The van der Waals surface area contributed by atoms with E-state index in [0.717, 1.165) is 77.9 Å². The van der Waals surface area contributed by atoms with Crippen molar-refractivity contribution >= 4 is 0 Å². The van der Waals surface area contributed by atoms with Crippen molar-refractivity contribution in [3.63, 3.8) is 0 Å². The first-order valence-corrected chi connectivity index (χ1v) is 26.1. The van der Waals surface area contributed by atoms with E-state index in [1.807, 2.05) is 0 Å². The zero-order chi connectivity index (χ0) is 35.9. The maximum atomic E-state index is 3.37. The molecule has 3 heteroatoms. The van der Waals surface area contributed by atoms with Crippen molar-refractivity contribution in [3.05, 3.63) is 0 Å². The Balaban J connectivity index is 1.00. The van der Waals surface area contributed by atoms with Crippen LogP contribution in [0.1, 0.15) is 231 Å². The number of nitrogens with zero attached hydrogens (tertiary/aromatic N) is 3. The Morgan fingerprint density at radius 1 is 0.333 bits per heavy atom. The number of likely N-dealkylation sites (tertiary alicyclic amines) is 1. The Labute approximate surface area is 334 Å². The van der Waals surface area contributed by atoms with Crippen LogP contribution in [0.5, 0.6) is 0 Å². The average Bonchev–Trinajstić information content (AvgIpc) is 3.51. The highest BCUT2D eigenvalue weighted by molar-refractivity contribution is 5.17. The van der Waals surface area contributed by atoms with Gasteiger partial charge in [-0.1, -0.05) is 109 Å². The third kappa shape index (κ3) is 7.17. The predicted molar refractivity (Wildman–Crippen MR) is 227 cm³/mol. The van der Waals surface area contributed by atoms with Crippen molar-refractivity contribution in [2.45, 2.75) is 279 Å². The number of hydrogen-bond donors (Lipinski definition) is 0. The van der Waals surface area contributed by atoms with E-state index >= 15 is 0 Å². The maximum absolute atomic E-state index is 3.37. The standard InChI is InChI=1S/C51H87N3/c1-6-18-38(19-7-1)52-35-34-51(47-28-16-17-29-50(47)52)48-36-43(53(39-20-8-2-9-21-39)40-22-10-3-11-23-40)30-32-45(48)46-33-31-44(37-49(46)51)54(41-24-12-4-13-25-41)42-26-14-5-15-27-42/h38-50H,1-37H2. The van der Waals surface area contributed by atoms with Crippen LogP contribution in [0.2, 0.25) is 0 Å². The van der Waals surface area contributed by atoms with Crippen molar-refractivity contribution in [3.8, 4) is 0 Å². The van der Waals surface area contributed by atoms with Gasteiger partial charge in [0.2, 0.25) is 0 Å². The summed E-state index contributed by atoms with van der Waals surface area (Å²) in [6.45, 7) is 1.48. The van der Waals surface area contributed by atoms with Crippen LogP contribution in [-0.2, 0) is 0 Å². The highest BCUT2D eigenvalue weighted by Crippen LogP contribution is 2.71. The van der Waals surface area contributed by atoms with E-state index in [1.165, 1.54) is 173 Å². The van der Waals surface area contributed by atoms with Crippen LogP contribution in [0.25, 0.3) is 0 Å². The van der Waals surface area contributed by atoms with Gasteiger partial charge < -0.3 is 0 Å². The molecule has 54 heavy (non-hydrogen) atoms. The topological polar surface area (TPSA) is 9.72 Å². The van der Waals surface area contributed by atoms with E-state index in [0.29, 0.717) is 5.41 Å². The molecule has 0 aromatic rings. The van der Waals surface area contributed by atoms with Gasteiger partial charge in [-0.15, -0.1) is 0 Å². The van der Waals surface area contributed by atoms with Gasteiger partial charge >= 0.3 is 0 Å². The quantitative estimate of drug-likeness (QED) is 0.257. The summed E-state index contributed by atoms with van der Waals surface area (Å²) >= 11 is 0. The molecule has 10 aliphatic rings. The maximum Gasteiger partial charge on any atom is 0.0132 e. The molecule has 0 N–H and O–H groups in total. The minimum Gasteiger partial charge on any atom is -0.297 e. The van der Waals surface area contributed by atoms with Crippen LogP contribution in [-0.4, -0.2) is 69.6 Å². The number of hydrogen-bond acceptors (Lipinski definition) is 3. The molecule has 8 unspecified atom stereocenters. The lowest BCUT2D eigenvalue weighted by Crippen LogP contribution is -2.63.